The van der Waals surface area contributed by atoms with Crippen molar-refractivity contribution in [2.24, 2.45) is 5.73 Å². The third kappa shape index (κ3) is 2.15. The van der Waals surface area contributed by atoms with E-state index >= 15 is 0 Å². The fraction of sp³-hybridized carbons (Fsp3) is 0.533. The SMILES string of the molecule is Cc1cc(C)c(C2C(N)CCC(=O)N2C)cc1C. The molecule has 1 saturated heterocycles. The molecule has 0 saturated carbocycles. The molecule has 1 aliphatic heterocycles. The average Bonchev–Trinajstić information content (AvgIpc) is 2.31. The lowest BCUT2D eigenvalue weighted by Gasteiger charge is -2.38. The molecule has 1 heterocycles. The van der Waals surface area contributed by atoms with E-state index in [2.05, 4.69) is 32.9 Å². The summed E-state index contributed by atoms with van der Waals surface area (Å²) in [5.41, 5.74) is 11.2. The first-order valence-electron chi connectivity index (χ1n) is 6.50. The number of likely N-dealkylation sites (N-methyl/N-ethyl adjacent to an activating group) is 1. The van der Waals surface area contributed by atoms with Crippen LogP contribution >= 0.6 is 0 Å². The molecule has 18 heavy (non-hydrogen) atoms. The number of carbonyl (C=O) groups is 1. The number of nitrogens with zero attached hydrogens (tertiary/aromatic N) is 1. The van der Waals surface area contributed by atoms with Gasteiger partial charge < -0.3 is 10.6 Å². The number of hydrogen-bond acceptors (Lipinski definition) is 2. The fourth-order valence-electron chi connectivity index (χ4n) is 2.81. The lowest BCUT2D eigenvalue weighted by Crippen LogP contribution is -2.47. The average molecular weight is 246 g/mol. The largest absolute Gasteiger partial charge is 0.337 e. The first-order valence-corrected chi connectivity index (χ1v) is 6.50. The van der Waals surface area contributed by atoms with E-state index in [-0.39, 0.29) is 18.0 Å². The van der Waals surface area contributed by atoms with E-state index in [1.54, 1.807) is 0 Å². The molecule has 2 N–H and O–H groups in total. The molecule has 0 radical (unpaired) electrons. The van der Waals surface area contributed by atoms with Gasteiger partial charge in [0.15, 0.2) is 0 Å². The summed E-state index contributed by atoms with van der Waals surface area (Å²) in [5.74, 6) is 0.194. The van der Waals surface area contributed by atoms with E-state index in [9.17, 15) is 4.79 Å². The molecule has 1 aromatic carbocycles. The van der Waals surface area contributed by atoms with E-state index < -0.39 is 0 Å². The Balaban J connectivity index is 2.46. The van der Waals surface area contributed by atoms with Crippen LogP contribution in [0.4, 0.5) is 0 Å². The van der Waals surface area contributed by atoms with E-state index in [4.69, 9.17) is 5.73 Å². The molecule has 1 aliphatic rings. The Bertz CT molecular complexity index is 482. The summed E-state index contributed by atoms with van der Waals surface area (Å²) in [6, 6.07) is 4.42. The van der Waals surface area contributed by atoms with Crippen molar-refractivity contribution in [3.63, 3.8) is 0 Å². The standard InChI is InChI=1S/C15H22N2O/c1-9-7-11(3)12(8-10(9)2)15-13(16)5-6-14(18)17(15)4/h7-8,13,15H,5-6,16H2,1-4H3. The Morgan fingerprint density at radius 1 is 1.17 bits per heavy atom. The Hall–Kier alpha value is -1.35. The highest BCUT2D eigenvalue weighted by atomic mass is 16.2. The summed E-state index contributed by atoms with van der Waals surface area (Å²) in [6.07, 6.45) is 1.35. The Labute approximate surface area is 109 Å². The summed E-state index contributed by atoms with van der Waals surface area (Å²) >= 11 is 0. The van der Waals surface area contributed by atoms with Gasteiger partial charge in [0.05, 0.1) is 6.04 Å². The second-order valence-electron chi connectivity index (χ2n) is 5.45. The van der Waals surface area contributed by atoms with Crippen molar-refractivity contribution in [2.45, 2.75) is 45.7 Å². The molecule has 1 amide bonds. The van der Waals surface area contributed by atoms with Gasteiger partial charge >= 0.3 is 0 Å². The quantitative estimate of drug-likeness (QED) is 0.826. The number of hydrogen-bond donors (Lipinski definition) is 1. The highest BCUT2D eigenvalue weighted by molar-refractivity contribution is 5.77. The van der Waals surface area contributed by atoms with Gasteiger partial charge in [-0.25, -0.2) is 0 Å². The zero-order valence-corrected chi connectivity index (χ0v) is 11.7. The van der Waals surface area contributed by atoms with Crippen molar-refractivity contribution in [3.8, 4) is 0 Å². The van der Waals surface area contributed by atoms with Crippen LogP contribution < -0.4 is 5.73 Å². The number of aryl methyl sites for hydroxylation is 3. The zero-order valence-electron chi connectivity index (χ0n) is 11.7. The molecule has 2 atom stereocenters. The minimum absolute atomic E-state index is 0.0190. The van der Waals surface area contributed by atoms with Crippen LogP contribution in [0.5, 0.6) is 0 Å². The maximum Gasteiger partial charge on any atom is 0.222 e. The van der Waals surface area contributed by atoms with Crippen LogP contribution in [0.1, 0.15) is 41.1 Å². The molecule has 3 heteroatoms. The number of rotatable bonds is 1. The Morgan fingerprint density at radius 3 is 2.44 bits per heavy atom. The number of carbonyl (C=O) groups excluding carboxylic acids is 1. The molecule has 1 aromatic rings. The van der Waals surface area contributed by atoms with Crippen molar-refractivity contribution in [2.75, 3.05) is 7.05 Å². The molecule has 0 bridgehead atoms. The van der Waals surface area contributed by atoms with Gasteiger partial charge in [-0.2, -0.15) is 0 Å². The second-order valence-corrected chi connectivity index (χ2v) is 5.45. The molecule has 0 aliphatic carbocycles. The van der Waals surface area contributed by atoms with Crippen molar-refractivity contribution >= 4 is 5.91 Å². The van der Waals surface area contributed by atoms with E-state index in [1.165, 1.54) is 22.3 Å². The summed E-state index contributed by atoms with van der Waals surface area (Å²) in [5, 5.41) is 0. The van der Waals surface area contributed by atoms with E-state index in [0.717, 1.165) is 6.42 Å². The molecular formula is C15H22N2O. The lowest BCUT2D eigenvalue weighted by molar-refractivity contribution is -0.135. The first-order chi connectivity index (χ1) is 8.41. The van der Waals surface area contributed by atoms with Crippen LogP contribution in [0.2, 0.25) is 0 Å². The highest BCUT2D eigenvalue weighted by Crippen LogP contribution is 2.32. The smallest absolute Gasteiger partial charge is 0.222 e. The molecule has 98 valence electrons. The number of amides is 1. The van der Waals surface area contributed by atoms with Crippen LogP contribution in [-0.4, -0.2) is 23.9 Å². The molecule has 2 unspecified atom stereocenters. The van der Waals surface area contributed by atoms with Gasteiger partial charge in [-0.1, -0.05) is 12.1 Å². The lowest BCUT2D eigenvalue weighted by atomic mass is 9.87. The Morgan fingerprint density at radius 2 is 1.78 bits per heavy atom. The molecular weight excluding hydrogens is 224 g/mol. The molecule has 3 nitrogen and oxygen atoms in total. The number of piperidine rings is 1. The van der Waals surface area contributed by atoms with Crippen molar-refractivity contribution in [1.82, 2.24) is 4.90 Å². The zero-order chi connectivity index (χ0) is 13.4. The molecule has 0 aromatic heterocycles. The third-order valence-corrected chi connectivity index (χ3v) is 4.11. The third-order valence-electron chi connectivity index (χ3n) is 4.11. The van der Waals surface area contributed by atoms with Crippen LogP contribution in [-0.2, 0) is 4.79 Å². The second kappa shape index (κ2) is 4.73. The van der Waals surface area contributed by atoms with E-state index in [1.807, 2.05) is 11.9 Å². The van der Waals surface area contributed by atoms with Gasteiger partial charge in [-0.05, 0) is 49.4 Å². The van der Waals surface area contributed by atoms with Crippen molar-refractivity contribution in [1.29, 1.82) is 0 Å². The van der Waals surface area contributed by atoms with Crippen LogP contribution in [0.15, 0.2) is 12.1 Å². The fourth-order valence-corrected chi connectivity index (χ4v) is 2.81. The predicted molar refractivity (Wildman–Crippen MR) is 73.4 cm³/mol. The first kappa shape index (κ1) is 13.1. The maximum atomic E-state index is 11.9. The van der Waals surface area contributed by atoms with Crippen molar-refractivity contribution in [3.05, 3.63) is 34.4 Å². The summed E-state index contributed by atoms with van der Waals surface area (Å²) < 4.78 is 0. The molecule has 0 spiro atoms. The monoisotopic (exact) mass is 246 g/mol. The minimum atomic E-state index is 0.0190. The highest BCUT2D eigenvalue weighted by Gasteiger charge is 2.33. The van der Waals surface area contributed by atoms with E-state index in [0.29, 0.717) is 6.42 Å². The molecule has 2 rings (SSSR count). The topological polar surface area (TPSA) is 46.3 Å². The predicted octanol–water partition coefficient (Wildman–Crippen LogP) is 2.23. The minimum Gasteiger partial charge on any atom is -0.337 e. The van der Waals surface area contributed by atoms with Crippen LogP contribution in [0.25, 0.3) is 0 Å². The van der Waals surface area contributed by atoms with Gasteiger partial charge in [0.2, 0.25) is 5.91 Å². The van der Waals surface area contributed by atoms with Gasteiger partial charge in [-0.15, -0.1) is 0 Å². The maximum absolute atomic E-state index is 11.9. The summed E-state index contributed by atoms with van der Waals surface area (Å²) in [7, 11) is 1.86. The number of nitrogens with two attached hydrogens (primary N) is 1. The van der Waals surface area contributed by atoms with Crippen LogP contribution in [0, 0.1) is 20.8 Å². The number of benzene rings is 1. The van der Waals surface area contributed by atoms with Gasteiger partial charge in [-0.3, -0.25) is 4.79 Å². The number of likely N-dealkylation sites (tertiary alicyclic amines) is 1. The summed E-state index contributed by atoms with van der Waals surface area (Å²) in [6.45, 7) is 6.32. The van der Waals surface area contributed by atoms with Gasteiger partial charge in [0.1, 0.15) is 0 Å². The van der Waals surface area contributed by atoms with Gasteiger partial charge in [0, 0.05) is 19.5 Å². The Kier molecular flexibility index (Phi) is 3.44. The van der Waals surface area contributed by atoms with Crippen LogP contribution in [0.3, 0.4) is 0 Å². The van der Waals surface area contributed by atoms with Gasteiger partial charge in [0.25, 0.3) is 0 Å². The summed E-state index contributed by atoms with van der Waals surface area (Å²) in [4.78, 5) is 13.7. The normalized spacial score (nSPS) is 24.5. The molecule has 1 fully saturated rings. The van der Waals surface area contributed by atoms with Crippen molar-refractivity contribution < 1.29 is 4.79 Å².